The minimum Gasteiger partial charge on any atom is -0.493 e. The molecule has 0 fully saturated rings. The van der Waals surface area contributed by atoms with Crippen molar-refractivity contribution in [1.29, 1.82) is 0 Å². The van der Waals surface area contributed by atoms with Gasteiger partial charge in [-0.2, -0.15) is 10.1 Å². The van der Waals surface area contributed by atoms with Crippen LogP contribution in [-0.4, -0.2) is 38.7 Å². The molecule has 1 amide bonds. The van der Waals surface area contributed by atoms with Crippen molar-refractivity contribution >= 4 is 46.7 Å². The summed E-state index contributed by atoms with van der Waals surface area (Å²) >= 11 is 7.59. The monoisotopic (exact) mass is 494 g/mol. The second-order valence-corrected chi connectivity index (χ2v) is 8.74. The molecule has 3 aromatic carbocycles. The van der Waals surface area contributed by atoms with Crippen LogP contribution in [0.1, 0.15) is 5.56 Å². The molecule has 8 heteroatoms. The highest BCUT2D eigenvalue weighted by Crippen LogP contribution is 2.39. The summed E-state index contributed by atoms with van der Waals surface area (Å²) in [6.45, 7) is 0. The second kappa shape index (κ2) is 10.7. The zero-order valence-corrected chi connectivity index (χ0v) is 20.5. The van der Waals surface area contributed by atoms with Crippen LogP contribution in [0, 0.1) is 0 Å². The van der Waals surface area contributed by atoms with Gasteiger partial charge in [-0.25, -0.2) is 0 Å². The zero-order valence-electron chi connectivity index (χ0n) is 18.9. The van der Waals surface area contributed by atoms with E-state index in [4.69, 9.17) is 25.8 Å². The first-order chi connectivity index (χ1) is 16.5. The molecule has 0 unspecified atom stereocenters. The van der Waals surface area contributed by atoms with E-state index in [0.717, 1.165) is 10.5 Å². The Labute approximate surface area is 207 Å². The van der Waals surface area contributed by atoms with Crippen LogP contribution in [0.25, 0.3) is 6.08 Å². The van der Waals surface area contributed by atoms with Gasteiger partial charge in [-0.1, -0.05) is 29.8 Å². The minimum atomic E-state index is -0.202. The number of anilines is 1. The van der Waals surface area contributed by atoms with Crippen molar-refractivity contribution in [2.75, 3.05) is 32.1 Å². The summed E-state index contributed by atoms with van der Waals surface area (Å²) in [5.41, 5.74) is 2.61. The van der Waals surface area contributed by atoms with E-state index in [1.165, 1.54) is 5.01 Å². The third-order valence-corrected chi connectivity index (χ3v) is 6.42. The molecule has 1 heterocycles. The van der Waals surface area contributed by atoms with E-state index in [1.807, 2.05) is 54.6 Å². The molecular formula is C26H23ClN2O4S. The highest BCUT2D eigenvalue weighted by atomic mass is 35.5. The van der Waals surface area contributed by atoms with Crippen molar-refractivity contribution in [3.05, 3.63) is 82.9 Å². The molecule has 174 valence electrons. The van der Waals surface area contributed by atoms with Crippen LogP contribution in [-0.2, 0) is 4.79 Å². The first-order valence-electron chi connectivity index (χ1n) is 10.4. The topological polar surface area (TPSA) is 60.4 Å². The number of nitrogens with zero attached hydrogens (tertiary/aromatic N) is 2. The third-order valence-electron chi connectivity index (χ3n) is 5.14. The SMILES string of the molecule is COc1cc(C=C2C(=O)N(c3ccccc3)N=C2CSc2ccc(Cl)cc2)cc(OC)c1OC. The number of carbonyl (C=O) groups excluding carboxylic acids is 1. The highest BCUT2D eigenvalue weighted by Gasteiger charge is 2.31. The molecule has 0 aromatic heterocycles. The number of thioether (sulfide) groups is 1. The maximum absolute atomic E-state index is 13.4. The number of hydrogen-bond acceptors (Lipinski definition) is 6. The van der Waals surface area contributed by atoms with E-state index >= 15 is 0 Å². The number of amides is 1. The van der Waals surface area contributed by atoms with Gasteiger partial charge in [0.1, 0.15) is 0 Å². The van der Waals surface area contributed by atoms with Gasteiger partial charge >= 0.3 is 0 Å². The van der Waals surface area contributed by atoms with Gasteiger partial charge in [0.05, 0.1) is 38.3 Å². The summed E-state index contributed by atoms with van der Waals surface area (Å²) in [5.74, 6) is 1.81. The molecule has 4 rings (SSSR count). The van der Waals surface area contributed by atoms with E-state index in [2.05, 4.69) is 5.10 Å². The molecular weight excluding hydrogens is 472 g/mol. The van der Waals surface area contributed by atoms with E-state index in [9.17, 15) is 4.79 Å². The first kappa shape index (κ1) is 23.7. The molecule has 6 nitrogen and oxygen atoms in total. The van der Waals surface area contributed by atoms with Crippen LogP contribution in [0.15, 0.2) is 82.3 Å². The van der Waals surface area contributed by atoms with E-state index in [1.54, 1.807) is 51.3 Å². The largest absolute Gasteiger partial charge is 0.493 e. The minimum absolute atomic E-state index is 0.202. The van der Waals surface area contributed by atoms with Gasteiger partial charge < -0.3 is 14.2 Å². The Hall–Kier alpha value is -3.42. The fraction of sp³-hybridized carbons (Fsp3) is 0.154. The van der Waals surface area contributed by atoms with E-state index in [0.29, 0.717) is 45.0 Å². The summed E-state index contributed by atoms with van der Waals surface area (Å²) in [5, 5.41) is 6.78. The quantitative estimate of drug-likeness (QED) is 0.286. The molecule has 1 aliphatic heterocycles. The second-order valence-electron chi connectivity index (χ2n) is 7.26. The van der Waals surface area contributed by atoms with Gasteiger partial charge in [-0.15, -0.1) is 11.8 Å². The average molecular weight is 495 g/mol. The Morgan fingerprint density at radius 2 is 1.59 bits per heavy atom. The van der Waals surface area contributed by atoms with E-state index in [-0.39, 0.29) is 5.91 Å². The predicted octanol–water partition coefficient (Wildman–Crippen LogP) is 5.94. The number of hydrazone groups is 1. The number of carbonyl (C=O) groups is 1. The van der Waals surface area contributed by atoms with Crippen LogP contribution in [0.4, 0.5) is 5.69 Å². The molecule has 3 aromatic rings. The summed E-state index contributed by atoms with van der Waals surface area (Å²) in [6.07, 6.45) is 1.80. The molecule has 1 aliphatic rings. The third kappa shape index (κ3) is 5.05. The smallest absolute Gasteiger partial charge is 0.280 e. The highest BCUT2D eigenvalue weighted by molar-refractivity contribution is 8.00. The molecule has 34 heavy (non-hydrogen) atoms. The van der Waals surface area contributed by atoms with Gasteiger partial charge in [0, 0.05) is 15.7 Å². The van der Waals surface area contributed by atoms with Crippen LogP contribution in [0.5, 0.6) is 17.2 Å². The zero-order chi connectivity index (χ0) is 24.1. The maximum Gasteiger partial charge on any atom is 0.280 e. The van der Waals surface area contributed by atoms with Gasteiger partial charge in [0.2, 0.25) is 5.75 Å². The number of ether oxygens (including phenoxy) is 3. The lowest BCUT2D eigenvalue weighted by atomic mass is 10.1. The summed E-state index contributed by atoms with van der Waals surface area (Å²) < 4.78 is 16.4. The lowest BCUT2D eigenvalue weighted by Gasteiger charge is -2.13. The molecule has 0 bridgehead atoms. The van der Waals surface area contributed by atoms with Gasteiger partial charge in [0.25, 0.3) is 5.91 Å². The Morgan fingerprint density at radius 1 is 0.941 bits per heavy atom. The normalized spacial score (nSPS) is 14.4. The lowest BCUT2D eigenvalue weighted by molar-refractivity contribution is -0.114. The molecule has 0 saturated carbocycles. The number of para-hydroxylation sites is 1. The fourth-order valence-corrected chi connectivity index (χ4v) is 4.46. The Morgan fingerprint density at radius 3 is 2.18 bits per heavy atom. The van der Waals surface area contributed by atoms with E-state index < -0.39 is 0 Å². The standard InChI is InChI=1S/C26H23ClN2O4S/c1-31-23-14-17(15-24(32-2)25(23)33-3)13-21-22(16-34-20-11-9-18(27)10-12-20)28-29(26(21)30)19-7-5-4-6-8-19/h4-15H,16H2,1-3H3. The molecule has 0 spiro atoms. The number of benzene rings is 3. The number of halogens is 1. The average Bonchev–Trinajstić information content (AvgIpc) is 3.18. The Bertz CT molecular complexity index is 1220. The summed E-state index contributed by atoms with van der Waals surface area (Å²) in [7, 11) is 4.67. The van der Waals surface area contributed by atoms with Crippen LogP contribution in [0.2, 0.25) is 5.02 Å². The van der Waals surface area contributed by atoms with Gasteiger partial charge in [-0.05, 0) is 60.2 Å². The van der Waals surface area contributed by atoms with Gasteiger partial charge in [-0.3, -0.25) is 4.79 Å². The molecule has 0 radical (unpaired) electrons. The summed E-state index contributed by atoms with van der Waals surface area (Å²) in [6, 6.07) is 20.5. The van der Waals surface area contributed by atoms with Crippen molar-refractivity contribution in [1.82, 2.24) is 0 Å². The molecule has 0 N–H and O–H groups in total. The Kier molecular flexibility index (Phi) is 7.45. The van der Waals surface area contributed by atoms with Crippen LogP contribution >= 0.6 is 23.4 Å². The van der Waals surface area contributed by atoms with Gasteiger partial charge in [0.15, 0.2) is 11.5 Å². The summed E-state index contributed by atoms with van der Waals surface area (Å²) in [4.78, 5) is 14.5. The van der Waals surface area contributed by atoms with Crippen molar-refractivity contribution in [3.8, 4) is 17.2 Å². The number of methoxy groups -OCH3 is 3. The maximum atomic E-state index is 13.4. The van der Waals surface area contributed by atoms with Crippen molar-refractivity contribution < 1.29 is 19.0 Å². The molecule has 0 aliphatic carbocycles. The first-order valence-corrected chi connectivity index (χ1v) is 11.8. The van der Waals surface area contributed by atoms with Crippen LogP contribution in [0.3, 0.4) is 0 Å². The predicted molar refractivity (Wildman–Crippen MR) is 138 cm³/mol. The number of hydrogen-bond donors (Lipinski definition) is 0. The molecule has 0 saturated heterocycles. The Balaban J connectivity index is 1.72. The lowest BCUT2D eigenvalue weighted by Crippen LogP contribution is -2.21. The molecule has 0 atom stereocenters. The van der Waals surface area contributed by atoms with Crippen LogP contribution < -0.4 is 19.2 Å². The van der Waals surface area contributed by atoms with Crippen molar-refractivity contribution in [2.24, 2.45) is 5.10 Å². The van der Waals surface area contributed by atoms with Crippen molar-refractivity contribution in [2.45, 2.75) is 4.90 Å². The fourth-order valence-electron chi connectivity index (χ4n) is 3.49. The number of rotatable bonds is 8. The van der Waals surface area contributed by atoms with Crippen molar-refractivity contribution in [3.63, 3.8) is 0 Å².